The van der Waals surface area contributed by atoms with Crippen LogP contribution in [0.25, 0.3) is 0 Å². The number of carbonyl (C=O) groups is 1. The molecule has 0 aliphatic rings. The van der Waals surface area contributed by atoms with Crippen molar-refractivity contribution < 1.29 is 4.79 Å². The average Bonchev–Trinajstić information content (AvgIpc) is 1.53. The second-order valence-electron chi connectivity index (χ2n) is 4.37. The van der Waals surface area contributed by atoms with E-state index >= 15 is 0 Å². The molecule has 1 atom stereocenters. The first-order valence-corrected chi connectivity index (χ1v) is 4.08. The number of amides is 1. The molecule has 2 heteroatoms. The average molecular weight is 157 g/mol. The minimum Gasteiger partial charge on any atom is -0.354 e. The molecule has 0 bridgehead atoms. The molecule has 0 rings (SSSR count). The van der Waals surface area contributed by atoms with Crippen LogP contribution in [0, 0.1) is 5.41 Å². The maximum atomic E-state index is 10.6. The van der Waals surface area contributed by atoms with Gasteiger partial charge in [-0.05, 0) is 18.8 Å². The summed E-state index contributed by atoms with van der Waals surface area (Å²) in [6.45, 7) is 10.1. The van der Waals surface area contributed by atoms with Crippen LogP contribution in [0.3, 0.4) is 0 Å². The molecule has 2 nitrogen and oxygen atoms in total. The van der Waals surface area contributed by atoms with Gasteiger partial charge in [-0.25, -0.2) is 0 Å². The van der Waals surface area contributed by atoms with E-state index in [9.17, 15) is 4.79 Å². The van der Waals surface area contributed by atoms with Crippen molar-refractivity contribution in [2.45, 2.75) is 47.1 Å². The minimum atomic E-state index is 0.0572. The van der Waals surface area contributed by atoms with E-state index in [2.05, 4.69) is 26.1 Å². The predicted octanol–water partition coefficient (Wildman–Crippen LogP) is 1.95. The van der Waals surface area contributed by atoms with Crippen LogP contribution in [0.1, 0.15) is 41.0 Å². The molecule has 0 aromatic rings. The highest BCUT2D eigenvalue weighted by Gasteiger charge is 2.15. The Morgan fingerprint density at radius 2 is 1.91 bits per heavy atom. The molecule has 11 heavy (non-hydrogen) atoms. The Morgan fingerprint density at radius 3 is 2.18 bits per heavy atom. The highest BCUT2D eigenvalue weighted by molar-refractivity contribution is 5.73. The molecule has 0 aliphatic heterocycles. The zero-order chi connectivity index (χ0) is 9.07. The summed E-state index contributed by atoms with van der Waals surface area (Å²) < 4.78 is 0. The van der Waals surface area contributed by atoms with Crippen LogP contribution >= 0.6 is 0 Å². The fourth-order valence-electron chi connectivity index (χ4n) is 1.32. The van der Waals surface area contributed by atoms with E-state index in [-0.39, 0.29) is 11.9 Å². The van der Waals surface area contributed by atoms with Gasteiger partial charge in [-0.15, -0.1) is 0 Å². The summed E-state index contributed by atoms with van der Waals surface area (Å²) in [5, 5.41) is 2.86. The number of nitrogens with one attached hydrogen (secondary N) is 1. The Morgan fingerprint density at radius 1 is 1.45 bits per heavy atom. The van der Waals surface area contributed by atoms with E-state index in [1.165, 1.54) is 0 Å². The maximum absolute atomic E-state index is 10.6. The first-order valence-electron chi connectivity index (χ1n) is 4.08. The SMILES string of the molecule is CC(=O)NC(C)CC(C)(C)C. The summed E-state index contributed by atoms with van der Waals surface area (Å²) in [6.07, 6.45) is 1.02. The molecule has 0 saturated carbocycles. The highest BCUT2D eigenvalue weighted by atomic mass is 16.1. The van der Waals surface area contributed by atoms with E-state index in [1.54, 1.807) is 6.92 Å². The van der Waals surface area contributed by atoms with Crippen molar-refractivity contribution in [3.63, 3.8) is 0 Å². The molecule has 0 saturated heterocycles. The van der Waals surface area contributed by atoms with Crippen molar-refractivity contribution in [1.29, 1.82) is 0 Å². The quantitative estimate of drug-likeness (QED) is 0.652. The van der Waals surface area contributed by atoms with Crippen LogP contribution in [0.5, 0.6) is 0 Å². The zero-order valence-corrected chi connectivity index (χ0v) is 8.19. The predicted molar refractivity (Wildman–Crippen MR) is 47.4 cm³/mol. The van der Waals surface area contributed by atoms with Crippen molar-refractivity contribution in [3.8, 4) is 0 Å². The number of hydrogen-bond donors (Lipinski definition) is 1. The summed E-state index contributed by atoms with van der Waals surface area (Å²) in [7, 11) is 0. The van der Waals surface area contributed by atoms with Crippen LogP contribution < -0.4 is 5.32 Å². The molecule has 0 aliphatic carbocycles. The Labute approximate surface area is 69.4 Å². The summed E-state index contributed by atoms with van der Waals surface area (Å²) in [5.74, 6) is 0.0572. The van der Waals surface area contributed by atoms with Crippen molar-refractivity contribution in [2.24, 2.45) is 5.41 Å². The van der Waals surface area contributed by atoms with Crippen LogP contribution in [-0.4, -0.2) is 11.9 Å². The summed E-state index contributed by atoms with van der Waals surface area (Å²) in [4.78, 5) is 10.6. The molecule has 0 fully saturated rings. The lowest BCUT2D eigenvalue weighted by molar-refractivity contribution is -0.119. The first-order chi connectivity index (χ1) is 4.81. The van der Waals surface area contributed by atoms with E-state index in [1.807, 2.05) is 6.92 Å². The van der Waals surface area contributed by atoms with Gasteiger partial charge in [0.1, 0.15) is 0 Å². The Hall–Kier alpha value is -0.530. The van der Waals surface area contributed by atoms with Gasteiger partial charge in [-0.2, -0.15) is 0 Å². The molecular formula is C9H19NO. The van der Waals surface area contributed by atoms with Gasteiger partial charge in [0.25, 0.3) is 0 Å². The third-order valence-electron chi connectivity index (χ3n) is 1.37. The Bertz CT molecular complexity index is 135. The minimum absolute atomic E-state index is 0.0572. The van der Waals surface area contributed by atoms with Crippen molar-refractivity contribution in [2.75, 3.05) is 0 Å². The van der Waals surface area contributed by atoms with E-state index < -0.39 is 0 Å². The lowest BCUT2D eigenvalue weighted by Crippen LogP contribution is -2.33. The van der Waals surface area contributed by atoms with E-state index in [0.717, 1.165) is 6.42 Å². The fraction of sp³-hybridized carbons (Fsp3) is 0.889. The molecule has 66 valence electrons. The summed E-state index contributed by atoms with van der Waals surface area (Å²) in [5.41, 5.74) is 0.294. The number of rotatable bonds is 2. The Kier molecular flexibility index (Phi) is 3.56. The van der Waals surface area contributed by atoms with Crippen molar-refractivity contribution in [3.05, 3.63) is 0 Å². The van der Waals surface area contributed by atoms with Gasteiger partial charge in [0.2, 0.25) is 5.91 Å². The largest absolute Gasteiger partial charge is 0.354 e. The van der Waals surface area contributed by atoms with Crippen molar-refractivity contribution in [1.82, 2.24) is 5.32 Å². The van der Waals surface area contributed by atoms with Gasteiger partial charge in [-0.1, -0.05) is 20.8 Å². The second kappa shape index (κ2) is 3.74. The smallest absolute Gasteiger partial charge is 0.217 e. The van der Waals surface area contributed by atoms with Crippen LogP contribution in [0.4, 0.5) is 0 Å². The molecule has 0 aromatic carbocycles. The van der Waals surface area contributed by atoms with Gasteiger partial charge in [0.15, 0.2) is 0 Å². The molecule has 1 N–H and O–H groups in total. The Balaban J connectivity index is 3.69. The molecule has 1 unspecified atom stereocenters. The molecule has 0 spiro atoms. The standard InChI is InChI=1S/C9H19NO/c1-7(10-8(2)11)6-9(3,4)5/h7H,6H2,1-5H3,(H,10,11). The first kappa shape index (κ1) is 10.5. The van der Waals surface area contributed by atoms with Crippen LogP contribution in [-0.2, 0) is 4.79 Å². The van der Waals surface area contributed by atoms with Gasteiger partial charge < -0.3 is 5.32 Å². The maximum Gasteiger partial charge on any atom is 0.217 e. The van der Waals surface area contributed by atoms with Gasteiger partial charge >= 0.3 is 0 Å². The fourth-order valence-corrected chi connectivity index (χ4v) is 1.32. The topological polar surface area (TPSA) is 29.1 Å². The normalized spacial score (nSPS) is 14.3. The van der Waals surface area contributed by atoms with E-state index in [0.29, 0.717) is 5.41 Å². The summed E-state index contributed by atoms with van der Waals surface area (Å²) >= 11 is 0. The number of hydrogen-bond acceptors (Lipinski definition) is 1. The summed E-state index contributed by atoms with van der Waals surface area (Å²) in [6, 6.07) is 0.285. The zero-order valence-electron chi connectivity index (χ0n) is 8.19. The molecule has 1 amide bonds. The van der Waals surface area contributed by atoms with Crippen LogP contribution in [0.2, 0.25) is 0 Å². The highest BCUT2D eigenvalue weighted by Crippen LogP contribution is 2.20. The van der Waals surface area contributed by atoms with E-state index in [4.69, 9.17) is 0 Å². The second-order valence-corrected chi connectivity index (χ2v) is 4.37. The molecule has 0 heterocycles. The molecular weight excluding hydrogens is 138 g/mol. The third kappa shape index (κ3) is 7.37. The van der Waals surface area contributed by atoms with Gasteiger partial charge in [0.05, 0.1) is 0 Å². The number of carbonyl (C=O) groups excluding carboxylic acids is 1. The molecule has 0 aromatic heterocycles. The van der Waals surface area contributed by atoms with Crippen LogP contribution in [0.15, 0.2) is 0 Å². The van der Waals surface area contributed by atoms with Gasteiger partial charge in [-0.3, -0.25) is 4.79 Å². The lowest BCUT2D eigenvalue weighted by atomic mass is 9.89. The van der Waals surface area contributed by atoms with Gasteiger partial charge in [0, 0.05) is 13.0 Å². The monoisotopic (exact) mass is 157 g/mol. The third-order valence-corrected chi connectivity index (χ3v) is 1.37. The molecule has 0 radical (unpaired) electrons. The van der Waals surface area contributed by atoms with Crippen molar-refractivity contribution >= 4 is 5.91 Å². The lowest BCUT2D eigenvalue weighted by Gasteiger charge is -2.23.